The Kier molecular flexibility index (Phi) is 7.14. The van der Waals surface area contributed by atoms with Crippen LogP contribution in [0.3, 0.4) is 0 Å². The van der Waals surface area contributed by atoms with Crippen LogP contribution in [-0.4, -0.2) is 48.1 Å². The van der Waals surface area contributed by atoms with Crippen LogP contribution in [0.25, 0.3) is 0 Å². The molecule has 1 aliphatic heterocycles. The number of benzene rings is 2. The molecule has 1 heterocycles. The number of amides is 3. The molecule has 3 rings (SSSR count). The second kappa shape index (κ2) is 9.73. The zero-order chi connectivity index (χ0) is 26.0. The number of nitro groups is 1. The molecule has 1 aliphatic rings. The van der Waals surface area contributed by atoms with Gasteiger partial charge in [-0.05, 0) is 56.5 Å². The van der Waals surface area contributed by atoms with Gasteiger partial charge in [0.15, 0.2) is 0 Å². The molecule has 35 heavy (non-hydrogen) atoms. The molecule has 2 aromatic rings. The van der Waals surface area contributed by atoms with Crippen LogP contribution in [-0.2, 0) is 26.2 Å². The molecule has 0 saturated carbocycles. The van der Waals surface area contributed by atoms with Gasteiger partial charge in [0, 0.05) is 11.8 Å². The van der Waals surface area contributed by atoms with E-state index >= 15 is 0 Å². The maximum Gasteiger partial charge on any atom is 0.421 e. The van der Waals surface area contributed by atoms with Gasteiger partial charge in [0.25, 0.3) is 0 Å². The Morgan fingerprint density at radius 2 is 1.86 bits per heavy atom. The Morgan fingerprint density at radius 3 is 2.46 bits per heavy atom. The van der Waals surface area contributed by atoms with Crippen molar-refractivity contribution in [3.63, 3.8) is 0 Å². The molecule has 2 atom stereocenters. The second-order valence-corrected chi connectivity index (χ2v) is 9.41. The summed E-state index contributed by atoms with van der Waals surface area (Å²) in [5.74, 6) is -0.718. The number of fused-ring (bicyclic) bond motifs is 1. The molecule has 0 spiro atoms. The highest BCUT2D eigenvalue weighted by molar-refractivity contribution is 6.21. The van der Waals surface area contributed by atoms with Gasteiger partial charge in [-0.15, -0.1) is 0 Å². The number of nitrogens with zero attached hydrogens (tertiary/aromatic N) is 2. The van der Waals surface area contributed by atoms with E-state index in [1.54, 1.807) is 69.3 Å². The first-order chi connectivity index (χ1) is 16.4. The van der Waals surface area contributed by atoms with Gasteiger partial charge in [-0.3, -0.25) is 19.7 Å². The van der Waals surface area contributed by atoms with Crippen molar-refractivity contribution in [3.05, 3.63) is 69.8 Å². The van der Waals surface area contributed by atoms with Gasteiger partial charge in [0.05, 0.1) is 12.8 Å². The summed E-state index contributed by atoms with van der Waals surface area (Å²) in [5, 5.41) is 14.3. The van der Waals surface area contributed by atoms with E-state index in [4.69, 9.17) is 9.47 Å². The minimum Gasteiger partial charge on any atom is -0.497 e. The molecular weight excluding hydrogens is 454 g/mol. The van der Waals surface area contributed by atoms with Crippen molar-refractivity contribution in [2.45, 2.75) is 51.2 Å². The van der Waals surface area contributed by atoms with Crippen LogP contribution in [0.1, 0.15) is 38.8 Å². The van der Waals surface area contributed by atoms with Crippen LogP contribution in [0.5, 0.6) is 5.75 Å². The summed E-state index contributed by atoms with van der Waals surface area (Å²) in [6.45, 7) is 5.52. The standard InChI is InChI=1S/C25H29N3O7/c1-16(29)26-21(15-27(32)33)25(14-17-9-8-10-18(13-17)34-5)19-11-6-7-12-20(19)28(22(25)30)23(31)35-24(2,3)4/h6-13,21H,14-15H2,1-5H3,(H,26,29)/t21-,25-/m1/s1. The van der Waals surface area contributed by atoms with Crippen molar-refractivity contribution in [2.24, 2.45) is 0 Å². The third-order valence-corrected chi connectivity index (χ3v) is 5.71. The first kappa shape index (κ1) is 25.7. The van der Waals surface area contributed by atoms with E-state index < -0.39 is 46.4 Å². The number of anilines is 1. The van der Waals surface area contributed by atoms with Gasteiger partial charge in [0.2, 0.25) is 18.4 Å². The van der Waals surface area contributed by atoms with Crippen molar-refractivity contribution in [3.8, 4) is 5.75 Å². The Labute approximate surface area is 203 Å². The van der Waals surface area contributed by atoms with Crippen molar-refractivity contribution in [2.75, 3.05) is 18.6 Å². The van der Waals surface area contributed by atoms with Crippen LogP contribution in [0.2, 0.25) is 0 Å². The molecule has 0 radical (unpaired) electrons. The Morgan fingerprint density at radius 1 is 1.17 bits per heavy atom. The molecule has 186 valence electrons. The lowest BCUT2D eigenvalue weighted by Crippen LogP contribution is -2.60. The van der Waals surface area contributed by atoms with Crippen LogP contribution in [0, 0.1) is 10.1 Å². The number of carbonyl (C=O) groups excluding carboxylic acids is 3. The maximum absolute atomic E-state index is 14.2. The predicted molar refractivity (Wildman–Crippen MR) is 128 cm³/mol. The zero-order valence-electron chi connectivity index (χ0n) is 20.4. The fourth-order valence-corrected chi connectivity index (χ4v) is 4.41. The topological polar surface area (TPSA) is 128 Å². The number of imide groups is 1. The lowest BCUT2D eigenvalue weighted by Gasteiger charge is -2.35. The largest absolute Gasteiger partial charge is 0.497 e. The highest BCUT2D eigenvalue weighted by atomic mass is 16.6. The van der Waals surface area contributed by atoms with Gasteiger partial charge >= 0.3 is 6.09 Å². The molecular formula is C25H29N3O7. The first-order valence-electron chi connectivity index (χ1n) is 11.1. The Bertz CT molecular complexity index is 1140. The van der Waals surface area contributed by atoms with E-state index in [-0.39, 0.29) is 12.1 Å². The van der Waals surface area contributed by atoms with E-state index in [0.717, 1.165) is 4.90 Å². The van der Waals surface area contributed by atoms with Crippen molar-refractivity contribution in [1.29, 1.82) is 0 Å². The summed E-state index contributed by atoms with van der Waals surface area (Å²) in [6.07, 6.45) is -0.928. The number of methoxy groups -OCH3 is 1. The number of carbonyl (C=O) groups is 3. The summed E-state index contributed by atoms with van der Waals surface area (Å²) in [5.41, 5.74) is -1.26. The fraction of sp³-hybridized carbons (Fsp3) is 0.400. The molecule has 0 fully saturated rings. The van der Waals surface area contributed by atoms with Crippen molar-refractivity contribution >= 4 is 23.6 Å². The van der Waals surface area contributed by atoms with E-state index in [0.29, 0.717) is 16.9 Å². The summed E-state index contributed by atoms with van der Waals surface area (Å²) >= 11 is 0. The highest BCUT2D eigenvalue weighted by Crippen LogP contribution is 2.47. The smallest absolute Gasteiger partial charge is 0.421 e. The average Bonchev–Trinajstić information content (AvgIpc) is 3.00. The van der Waals surface area contributed by atoms with Gasteiger partial charge in [-0.2, -0.15) is 0 Å². The lowest BCUT2D eigenvalue weighted by molar-refractivity contribution is -0.484. The number of rotatable bonds is 7. The minimum absolute atomic E-state index is 0.0296. The normalized spacial score (nSPS) is 18.0. The molecule has 10 heteroatoms. The molecule has 0 aromatic heterocycles. The van der Waals surface area contributed by atoms with E-state index in [1.807, 2.05) is 0 Å². The summed E-state index contributed by atoms with van der Waals surface area (Å²) in [6, 6.07) is 12.3. The fourth-order valence-electron chi connectivity index (χ4n) is 4.41. The number of para-hydroxylation sites is 1. The highest BCUT2D eigenvalue weighted by Gasteiger charge is 2.59. The summed E-state index contributed by atoms with van der Waals surface area (Å²) in [7, 11) is 1.50. The Hall–Kier alpha value is -3.95. The summed E-state index contributed by atoms with van der Waals surface area (Å²) < 4.78 is 10.8. The van der Waals surface area contributed by atoms with E-state index in [2.05, 4.69) is 5.32 Å². The molecule has 2 aromatic carbocycles. The monoisotopic (exact) mass is 483 g/mol. The molecule has 10 nitrogen and oxygen atoms in total. The molecule has 0 saturated heterocycles. The van der Waals surface area contributed by atoms with Crippen LogP contribution in [0.15, 0.2) is 48.5 Å². The minimum atomic E-state index is -1.65. The van der Waals surface area contributed by atoms with E-state index in [1.165, 1.54) is 14.0 Å². The zero-order valence-corrected chi connectivity index (χ0v) is 20.4. The van der Waals surface area contributed by atoms with Gasteiger partial charge in [-0.25, -0.2) is 9.69 Å². The third kappa shape index (κ3) is 5.26. The van der Waals surface area contributed by atoms with Gasteiger partial charge in [-0.1, -0.05) is 30.3 Å². The van der Waals surface area contributed by atoms with Crippen LogP contribution >= 0.6 is 0 Å². The van der Waals surface area contributed by atoms with Crippen LogP contribution in [0.4, 0.5) is 10.5 Å². The van der Waals surface area contributed by atoms with Crippen molar-refractivity contribution < 1.29 is 28.8 Å². The second-order valence-electron chi connectivity index (χ2n) is 9.41. The number of hydrogen-bond acceptors (Lipinski definition) is 7. The quantitative estimate of drug-likeness (QED) is 0.473. The molecule has 0 bridgehead atoms. The molecule has 3 amide bonds. The number of nitrogens with one attached hydrogen (secondary N) is 1. The lowest BCUT2D eigenvalue weighted by atomic mass is 9.70. The first-order valence-corrected chi connectivity index (χ1v) is 11.1. The molecule has 1 N–H and O–H groups in total. The van der Waals surface area contributed by atoms with Gasteiger partial charge < -0.3 is 14.8 Å². The Balaban J connectivity index is 2.26. The van der Waals surface area contributed by atoms with Crippen LogP contribution < -0.4 is 15.0 Å². The van der Waals surface area contributed by atoms with Crippen molar-refractivity contribution in [1.82, 2.24) is 5.32 Å². The predicted octanol–water partition coefficient (Wildman–Crippen LogP) is 3.24. The maximum atomic E-state index is 14.2. The average molecular weight is 484 g/mol. The van der Waals surface area contributed by atoms with Gasteiger partial charge in [0.1, 0.15) is 22.8 Å². The molecule has 0 unspecified atom stereocenters. The third-order valence-electron chi connectivity index (χ3n) is 5.71. The number of ether oxygens (including phenoxy) is 2. The number of hydrogen-bond donors (Lipinski definition) is 1. The molecule has 0 aliphatic carbocycles. The van der Waals surface area contributed by atoms with E-state index in [9.17, 15) is 24.5 Å². The summed E-state index contributed by atoms with van der Waals surface area (Å²) in [4.78, 5) is 51.5. The SMILES string of the molecule is COc1cccc(C[C@@]2([C@@H](C[N+](=O)[O-])NC(C)=O)C(=O)N(C(=O)OC(C)(C)C)c3ccccc32)c1.